The Kier molecular flexibility index (Phi) is 26.7. The number of hydrogen-bond donors (Lipinski definition) is 8. The summed E-state index contributed by atoms with van der Waals surface area (Å²) in [5.74, 6) is -2.12. The van der Waals surface area contributed by atoms with Gasteiger partial charge in [-0.3, -0.25) is 33.9 Å². The van der Waals surface area contributed by atoms with Gasteiger partial charge in [0.1, 0.15) is 17.9 Å². The number of hydrogen-bond acceptors (Lipinski definition) is 17. The molecule has 6 aromatic heterocycles. The average Bonchev–Trinajstić information content (AvgIpc) is 1.67. The molecule has 9 N–H and O–H groups in total. The van der Waals surface area contributed by atoms with E-state index in [0.717, 1.165) is 110 Å². The third-order valence-corrected chi connectivity index (χ3v) is 19.4. The number of halogens is 2. The normalized spacial score (nSPS) is 12.9. The van der Waals surface area contributed by atoms with Crippen molar-refractivity contribution in [2.45, 2.75) is 124 Å². The summed E-state index contributed by atoms with van der Waals surface area (Å²) in [6.07, 6.45) is 16.0. The number of benzene rings is 6. The molecule has 6 aromatic carbocycles. The van der Waals surface area contributed by atoms with E-state index in [1.54, 1.807) is 134 Å². The zero-order valence-corrected chi connectivity index (χ0v) is 62.5. The van der Waals surface area contributed by atoms with Gasteiger partial charge in [0.05, 0.1) is 34.5 Å². The Hall–Kier alpha value is -12.6. The van der Waals surface area contributed by atoms with E-state index in [1.165, 1.54) is 12.1 Å². The number of amides is 4. The van der Waals surface area contributed by atoms with Gasteiger partial charge in [-0.2, -0.15) is 10.2 Å². The molecule has 8 heterocycles. The molecule has 12 aromatic rings. The van der Waals surface area contributed by atoms with Crippen LogP contribution in [0, 0.1) is 11.6 Å². The first-order valence-corrected chi connectivity index (χ1v) is 37.4. The number of aromatic nitrogens is 8. The van der Waals surface area contributed by atoms with Crippen molar-refractivity contribution in [3.05, 3.63) is 274 Å². The van der Waals surface area contributed by atoms with E-state index in [9.17, 15) is 28.4 Å². The number of rotatable bonds is 26. The molecule has 2 saturated heterocycles. The first-order chi connectivity index (χ1) is 54.2. The lowest BCUT2D eigenvalue weighted by atomic mass is 10.00. The summed E-state index contributed by atoms with van der Waals surface area (Å²) < 4.78 is 44.7. The molecule has 0 aliphatic carbocycles. The summed E-state index contributed by atoms with van der Waals surface area (Å²) >= 11 is 0. The number of pyridine rings is 4. The summed E-state index contributed by atoms with van der Waals surface area (Å²) in [6.45, 7) is 13.7. The molecule has 0 saturated carbocycles. The number of carbonyl (C=O) groups is 5. The molecule has 0 atom stereocenters. The molecule has 2 aliphatic rings. The van der Waals surface area contributed by atoms with Crippen LogP contribution in [0.2, 0.25) is 0 Å². The van der Waals surface area contributed by atoms with Crippen LogP contribution < -0.4 is 43.0 Å². The van der Waals surface area contributed by atoms with Crippen LogP contribution in [-0.4, -0.2) is 108 Å². The van der Waals surface area contributed by atoms with E-state index in [0.29, 0.717) is 115 Å². The van der Waals surface area contributed by atoms with Crippen LogP contribution in [-0.2, 0) is 68.1 Å². The molecule has 0 radical (unpaired) electrons. The summed E-state index contributed by atoms with van der Waals surface area (Å²) in [7, 11) is 0. The molecule has 111 heavy (non-hydrogen) atoms. The van der Waals surface area contributed by atoms with Crippen molar-refractivity contribution in [3.8, 4) is 22.3 Å². The van der Waals surface area contributed by atoms with Crippen LogP contribution in [0.3, 0.4) is 0 Å². The molecule has 4 amide bonds. The van der Waals surface area contributed by atoms with Crippen molar-refractivity contribution < 1.29 is 42.2 Å². The minimum atomic E-state index is -0.430. The Balaban J connectivity index is 0.000000190. The Morgan fingerprint density at radius 1 is 0.486 bits per heavy atom. The first-order valence-electron chi connectivity index (χ1n) is 37.4. The molecule has 2 fully saturated rings. The van der Waals surface area contributed by atoms with Crippen LogP contribution >= 0.6 is 0 Å². The van der Waals surface area contributed by atoms with Crippen molar-refractivity contribution in [1.82, 2.24) is 60.8 Å². The number of fused-ring (bicyclic) bond motifs is 2. The monoisotopic (exact) mass is 1500 g/mol. The molecular formula is C86H90F2N16O7. The summed E-state index contributed by atoms with van der Waals surface area (Å²) in [5, 5.41) is 33.7. The van der Waals surface area contributed by atoms with Gasteiger partial charge in [0.2, 0.25) is 0 Å². The molecule has 25 heteroatoms. The van der Waals surface area contributed by atoms with E-state index in [-0.39, 0.29) is 67.7 Å². The second kappa shape index (κ2) is 38.0. The number of nitrogen functional groups attached to an aromatic ring is 1. The highest BCUT2D eigenvalue weighted by atomic mass is 19.1. The summed E-state index contributed by atoms with van der Waals surface area (Å²) in [6, 6.07) is 44.7. The topological polar surface area (TPSA) is 301 Å². The SMILES string of the molecule is CCc1nc2c(cnn2CC)c(NC2CCOCC2)c1CNC(=O)c1cccc(C(=O)NCc2ccc(F)c(-c3cccc(C=O)c3)c2)c1.CCc1nc2c(cnn2CC)c(NC2CCOCC2)c1CNC(=O)c1cccc(C(=O)NCc2ccc(F)c(-c3cccc(CNc4ccncc4)c3)c2)c1.Nc1ccncc1. The lowest BCUT2D eigenvalue weighted by Gasteiger charge is -2.26. The van der Waals surface area contributed by atoms with Gasteiger partial charge in [-0.25, -0.2) is 28.1 Å². The predicted molar refractivity (Wildman–Crippen MR) is 427 cm³/mol. The van der Waals surface area contributed by atoms with Crippen LogP contribution in [0.25, 0.3) is 44.3 Å². The standard InChI is InChI=1S/C43H45FN8O3.C38H39FN6O4.C5H6N2/c1-3-39-36(40(50-34-15-19-55-20-16-34)37-27-49-52(4-2)41(37)51-39)26-48-43(54)32-10-6-9-31(23-32)42(53)47-25-29-11-12-38(44)35(22-29)30-8-5-7-28(21-30)24-46-33-13-17-45-18-14-33;1-3-34-31(35(43-29-13-15-49-16-14-29)32-22-42-45(4-2)36(32)44-34)21-41-38(48)28-10-6-9-27(19-28)37(47)40-20-24-11-12-33(39)30(18-24)26-8-5-7-25(17-26)23-46;6-5-1-3-7-4-2-5/h5-14,17-18,21-23,27,34H,3-4,15-16,19-20,24-26H2,1-2H3,(H,45,46)(H,47,53)(H,48,54)(H,50,51);5-12,17-19,22-23,29H,3-4,13-16,20-21H2,1-2H3,(H,40,47)(H,41,48)(H,43,44);1-4H,(H2,6,7). The van der Waals surface area contributed by atoms with Gasteiger partial charge < -0.3 is 52.4 Å². The third-order valence-electron chi connectivity index (χ3n) is 19.4. The highest BCUT2D eigenvalue weighted by Crippen LogP contribution is 2.35. The van der Waals surface area contributed by atoms with E-state index < -0.39 is 5.82 Å². The van der Waals surface area contributed by atoms with E-state index in [1.807, 2.05) is 78.9 Å². The molecule has 0 unspecified atom stereocenters. The predicted octanol–water partition coefficient (Wildman–Crippen LogP) is 14.0. The molecule has 23 nitrogen and oxygen atoms in total. The van der Waals surface area contributed by atoms with Crippen molar-refractivity contribution in [2.24, 2.45) is 0 Å². The van der Waals surface area contributed by atoms with Crippen LogP contribution in [0.1, 0.15) is 144 Å². The zero-order chi connectivity index (χ0) is 77.6. The fourth-order valence-corrected chi connectivity index (χ4v) is 13.4. The second-order valence-corrected chi connectivity index (χ2v) is 26.8. The maximum Gasteiger partial charge on any atom is 0.251 e. The summed E-state index contributed by atoms with van der Waals surface area (Å²) in [4.78, 5) is 82.4. The number of aldehydes is 1. The van der Waals surface area contributed by atoms with Crippen LogP contribution in [0.5, 0.6) is 0 Å². The summed E-state index contributed by atoms with van der Waals surface area (Å²) in [5.41, 5.74) is 20.4. The van der Waals surface area contributed by atoms with Gasteiger partial charge in [0.25, 0.3) is 23.6 Å². The van der Waals surface area contributed by atoms with Gasteiger partial charge in [-0.15, -0.1) is 0 Å². The van der Waals surface area contributed by atoms with Crippen molar-refractivity contribution >= 4 is 74.7 Å². The van der Waals surface area contributed by atoms with E-state index in [4.69, 9.17) is 25.2 Å². The fraction of sp³-hybridized carbons (Fsp3) is 0.267. The minimum absolute atomic E-state index is 0.142. The molecule has 0 spiro atoms. The molecule has 0 bridgehead atoms. The molecule has 2 aliphatic heterocycles. The lowest BCUT2D eigenvalue weighted by Crippen LogP contribution is -2.30. The van der Waals surface area contributed by atoms with Gasteiger partial charge in [0.15, 0.2) is 11.3 Å². The maximum absolute atomic E-state index is 15.1. The maximum atomic E-state index is 15.1. The number of anilines is 4. The first kappa shape index (κ1) is 78.0. The van der Waals surface area contributed by atoms with Crippen LogP contribution in [0.4, 0.5) is 31.5 Å². The number of carbonyl (C=O) groups excluding carboxylic acids is 5. The minimum Gasteiger partial charge on any atom is -0.399 e. The van der Waals surface area contributed by atoms with Crippen molar-refractivity contribution in [3.63, 3.8) is 0 Å². The van der Waals surface area contributed by atoms with Gasteiger partial charge in [0, 0.05) is 182 Å². The molecule has 570 valence electrons. The number of nitrogens with one attached hydrogen (secondary N) is 7. The quantitative estimate of drug-likeness (QED) is 0.0234. The Labute approximate surface area is 642 Å². The van der Waals surface area contributed by atoms with Gasteiger partial charge >= 0.3 is 0 Å². The smallest absolute Gasteiger partial charge is 0.251 e. The third kappa shape index (κ3) is 20.0. The number of nitrogens with two attached hydrogens (primary N) is 1. The van der Waals surface area contributed by atoms with E-state index >= 15 is 4.39 Å². The molecular weight excluding hydrogens is 1410 g/mol. The van der Waals surface area contributed by atoms with Crippen LogP contribution in [0.15, 0.2) is 195 Å². The fourth-order valence-electron chi connectivity index (χ4n) is 13.4. The Morgan fingerprint density at radius 2 is 0.901 bits per heavy atom. The number of ether oxygens (including phenoxy) is 2. The average molecular weight is 1500 g/mol. The number of aryl methyl sites for hydroxylation is 4. The largest absolute Gasteiger partial charge is 0.399 e. The molecule has 14 rings (SSSR count). The highest BCUT2D eigenvalue weighted by molar-refractivity contribution is 6.01. The lowest BCUT2D eigenvalue weighted by molar-refractivity contribution is 0.0903. The Bertz CT molecular complexity index is 5240. The van der Waals surface area contributed by atoms with Gasteiger partial charge in [-0.1, -0.05) is 74.5 Å². The second-order valence-electron chi connectivity index (χ2n) is 26.8. The number of nitrogens with zero attached hydrogens (tertiary/aromatic N) is 8. The van der Waals surface area contributed by atoms with Crippen molar-refractivity contribution in [2.75, 3.05) is 48.1 Å². The Morgan fingerprint density at radius 3 is 1.32 bits per heavy atom. The van der Waals surface area contributed by atoms with E-state index in [2.05, 4.69) is 64.3 Å². The highest BCUT2D eigenvalue weighted by Gasteiger charge is 2.26. The zero-order valence-electron chi connectivity index (χ0n) is 62.5. The van der Waals surface area contributed by atoms with Gasteiger partial charge in [-0.05, 0) is 177 Å². The van der Waals surface area contributed by atoms with Crippen molar-refractivity contribution in [1.29, 1.82) is 0 Å².